The second-order valence-corrected chi connectivity index (χ2v) is 15.8. The normalized spacial score (nSPS) is 11.9. The third kappa shape index (κ3) is 39.5. The summed E-state index contributed by atoms with van der Waals surface area (Å²) in [6.07, 6.45) is 38.4. The van der Waals surface area contributed by atoms with Crippen LogP contribution < -0.4 is 0 Å². The molecule has 0 amide bonds. The van der Waals surface area contributed by atoms with Gasteiger partial charge in [-0.1, -0.05) is 207 Å². The highest BCUT2D eigenvalue weighted by molar-refractivity contribution is 5.71. The van der Waals surface area contributed by atoms with E-state index in [-0.39, 0.29) is 31.1 Å². The molecule has 0 fully saturated rings. The molecule has 0 saturated carbocycles. The second-order valence-electron chi connectivity index (χ2n) is 15.8. The van der Waals surface area contributed by atoms with Crippen molar-refractivity contribution < 1.29 is 28.6 Å². The van der Waals surface area contributed by atoms with E-state index in [4.69, 9.17) is 14.2 Å². The van der Waals surface area contributed by atoms with E-state index in [0.29, 0.717) is 19.3 Å². The lowest BCUT2D eigenvalue weighted by Gasteiger charge is -2.18. The van der Waals surface area contributed by atoms with Crippen molar-refractivity contribution in [1.82, 2.24) is 0 Å². The molecule has 302 valence electrons. The van der Waals surface area contributed by atoms with Crippen LogP contribution in [0, 0.1) is 5.92 Å². The van der Waals surface area contributed by atoms with Crippen LogP contribution in [-0.2, 0) is 28.6 Å². The molecule has 0 aliphatic rings. The molecule has 1 atom stereocenters. The van der Waals surface area contributed by atoms with Crippen LogP contribution in [0.2, 0.25) is 0 Å². The number of hydrogen-bond donors (Lipinski definition) is 0. The van der Waals surface area contributed by atoms with Crippen molar-refractivity contribution in [1.29, 1.82) is 0 Å². The molecule has 0 aliphatic carbocycles. The first-order chi connectivity index (χ1) is 24.9. The van der Waals surface area contributed by atoms with Gasteiger partial charge in [-0.2, -0.15) is 0 Å². The number of carbonyl (C=O) groups excluding carboxylic acids is 3. The number of esters is 3. The van der Waals surface area contributed by atoms with Crippen LogP contribution in [0.5, 0.6) is 0 Å². The Balaban J connectivity index is 4.14. The van der Waals surface area contributed by atoms with Crippen LogP contribution in [0.25, 0.3) is 0 Å². The highest BCUT2D eigenvalue weighted by atomic mass is 16.6. The lowest BCUT2D eigenvalue weighted by molar-refractivity contribution is -0.167. The minimum Gasteiger partial charge on any atom is -0.462 e. The first-order valence-electron chi connectivity index (χ1n) is 22.4. The van der Waals surface area contributed by atoms with E-state index < -0.39 is 6.10 Å². The van der Waals surface area contributed by atoms with E-state index in [9.17, 15) is 14.4 Å². The summed E-state index contributed by atoms with van der Waals surface area (Å²) in [5.74, 6) is -0.0780. The predicted molar refractivity (Wildman–Crippen MR) is 215 cm³/mol. The third-order valence-corrected chi connectivity index (χ3v) is 10.0. The molecular weight excluding hydrogens is 636 g/mol. The summed E-state index contributed by atoms with van der Waals surface area (Å²) in [5.41, 5.74) is 0. The maximum Gasteiger partial charge on any atom is 0.306 e. The van der Waals surface area contributed by atoms with Crippen molar-refractivity contribution in [3.8, 4) is 0 Å². The van der Waals surface area contributed by atoms with Gasteiger partial charge in [0.1, 0.15) is 13.2 Å². The minimum atomic E-state index is -0.758. The molecule has 0 N–H and O–H groups in total. The summed E-state index contributed by atoms with van der Waals surface area (Å²) >= 11 is 0. The van der Waals surface area contributed by atoms with Crippen molar-refractivity contribution >= 4 is 17.9 Å². The highest BCUT2D eigenvalue weighted by Gasteiger charge is 2.19. The van der Waals surface area contributed by atoms with Crippen molar-refractivity contribution in [3.05, 3.63) is 0 Å². The molecule has 0 spiro atoms. The fourth-order valence-electron chi connectivity index (χ4n) is 6.63. The Morgan fingerprint density at radius 2 is 0.647 bits per heavy atom. The molecule has 0 unspecified atom stereocenters. The lowest BCUT2D eigenvalue weighted by Crippen LogP contribution is -2.30. The Morgan fingerprint density at radius 1 is 0.373 bits per heavy atom. The Bertz CT molecular complexity index is 766. The SMILES string of the molecule is CCCCCCCCCCCCCCCCCCCC(=O)OC[C@H](COC(=O)CCCCCCC)OC(=O)CCCCCCCCCCC(C)C. The van der Waals surface area contributed by atoms with Crippen LogP contribution in [0.15, 0.2) is 0 Å². The molecule has 6 nitrogen and oxygen atoms in total. The summed E-state index contributed by atoms with van der Waals surface area (Å²) < 4.78 is 16.6. The molecule has 0 aliphatic heterocycles. The van der Waals surface area contributed by atoms with E-state index in [2.05, 4.69) is 27.7 Å². The zero-order chi connectivity index (χ0) is 37.5. The Kier molecular flexibility index (Phi) is 38.4. The number of carbonyl (C=O) groups is 3. The van der Waals surface area contributed by atoms with Gasteiger partial charge in [0.25, 0.3) is 0 Å². The monoisotopic (exact) mass is 723 g/mol. The lowest BCUT2D eigenvalue weighted by atomic mass is 10.0. The van der Waals surface area contributed by atoms with Crippen LogP contribution in [-0.4, -0.2) is 37.2 Å². The number of unbranched alkanes of at least 4 members (excludes halogenated alkanes) is 27. The zero-order valence-electron chi connectivity index (χ0n) is 34.6. The van der Waals surface area contributed by atoms with Gasteiger partial charge in [0.05, 0.1) is 0 Å². The number of rotatable bonds is 40. The van der Waals surface area contributed by atoms with Gasteiger partial charge in [-0.25, -0.2) is 0 Å². The summed E-state index contributed by atoms with van der Waals surface area (Å²) in [4.78, 5) is 37.4. The molecule has 0 aromatic rings. The number of hydrogen-bond acceptors (Lipinski definition) is 6. The van der Waals surface area contributed by atoms with Gasteiger partial charge in [-0.15, -0.1) is 0 Å². The average molecular weight is 723 g/mol. The third-order valence-electron chi connectivity index (χ3n) is 10.0. The molecule has 0 aromatic heterocycles. The molecule has 0 radical (unpaired) electrons. The molecule has 0 aromatic carbocycles. The quantitative estimate of drug-likeness (QED) is 0.0356. The predicted octanol–water partition coefficient (Wildman–Crippen LogP) is 13.9. The van der Waals surface area contributed by atoms with E-state index in [1.165, 1.54) is 135 Å². The Hall–Kier alpha value is -1.59. The van der Waals surface area contributed by atoms with E-state index in [1.54, 1.807) is 0 Å². The molecule has 0 rings (SSSR count). The van der Waals surface area contributed by atoms with E-state index in [1.807, 2.05) is 0 Å². The van der Waals surface area contributed by atoms with Crippen LogP contribution in [0.4, 0.5) is 0 Å². The summed E-state index contributed by atoms with van der Waals surface area (Å²) in [7, 11) is 0. The largest absolute Gasteiger partial charge is 0.462 e. The highest BCUT2D eigenvalue weighted by Crippen LogP contribution is 2.16. The summed E-state index contributed by atoms with van der Waals surface area (Å²) in [6, 6.07) is 0. The van der Waals surface area contributed by atoms with Gasteiger partial charge in [-0.3, -0.25) is 14.4 Å². The van der Waals surface area contributed by atoms with Gasteiger partial charge < -0.3 is 14.2 Å². The van der Waals surface area contributed by atoms with Crippen LogP contribution >= 0.6 is 0 Å². The van der Waals surface area contributed by atoms with Crippen LogP contribution in [0.3, 0.4) is 0 Å². The summed E-state index contributed by atoms with van der Waals surface area (Å²) in [5, 5.41) is 0. The summed E-state index contributed by atoms with van der Waals surface area (Å²) in [6.45, 7) is 8.88. The molecule has 0 heterocycles. The second kappa shape index (κ2) is 39.6. The maximum absolute atomic E-state index is 12.6. The first kappa shape index (κ1) is 49.4. The smallest absolute Gasteiger partial charge is 0.306 e. The van der Waals surface area contributed by atoms with Gasteiger partial charge >= 0.3 is 17.9 Å². The van der Waals surface area contributed by atoms with Gasteiger partial charge in [0, 0.05) is 19.3 Å². The molecule has 0 bridgehead atoms. The maximum atomic E-state index is 12.6. The molecular formula is C45H86O6. The fraction of sp³-hybridized carbons (Fsp3) is 0.933. The molecule has 0 saturated heterocycles. The average Bonchev–Trinajstić information content (AvgIpc) is 3.11. The van der Waals surface area contributed by atoms with Crippen molar-refractivity contribution in [3.63, 3.8) is 0 Å². The van der Waals surface area contributed by atoms with E-state index >= 15 is 0 Å². The standard InChI is InChI=1S/C45H86O6/c1-5-7-9-11-12-13-14-15-16-17-18-19-20-21-25-29-33-37-44(47)50-40-42(39-49-43(46)36-32-27-10-8-6-2)51-45(48)38-34-30-26-23-22-24-28-31-35-41(3)4/h41-42H,5-40H2,1-4H3/t42-/m0/s1. The number of ether oxygens (including phenoxy) is 3. The molecule has 6 heteroatoms. The fourth-order valence-corrected chi connectivity index (χ4v) is 6.63. The first-order valence-corrected chi connectivity index (χ1v) is 22.4. The Labute approximate surface area is 317 Å². The minimum absolute atomic E-state index is 0.0654. The van der Waals surface area contributed by atoms with Crippen molar-refractivity contribution in [2.45, 2.75) is 252 Å². The van der Waals surface area contributed by atoms with Crippen molar-refractivity contribution in [2.24, 2.45) is 5.92 Å². The van der Waals surface area contributed by atoms with Gasteiger partial charge in [0.2, 0.25) is 0 Å². The van der Waals surface area contributed by atoms with E-state index in [0.717, 1.165) is 70.1 Å². The van der Waals surface area contributed by atoms with Gasteiger partial charge in [0.15, 0.2) is 6.10 Å². The topological polar surface area (TPSA) is 78.9 Å². The molecule has 51 heavy (non-hydrogen) atoms. The Morgan fingerprint density at radius 3 is 0.961 bits per heavy atom. The zero-order valence-corrected chi connectivity index (χ0v) is 34.6. The van der Waals surface area contributed by atoms with Crippen molar-refractivity contribution in [2.75, 3.05) is 13.2 Å². The van der Waals surface area contributed by atoms with Crippen LogP contribution in [0.1, 0.15) is 246 Å². The van der Waals surface area contributed by atoms with Gasteiger partial charge in [-0.05, 0) is 25.2 Å².